The fourth-order valence-corrected chi connectivity index (χ4v) is 5.33. The number of ether oxygens (including phenoxy) is 1. The third-order valence-corrected chi connectivity index (χ3v) is 7.86. The molecule has 3 nitrogen and oxygen atoms in total. The van der Waals surface area contributed by atoms with Crippen LogP contribution in [-0.2, 0) is 9.53 Å². The number of carbonyl (C=O) groups is 1. The molecule has 4 rings (SSSR count). The van der Waals surface area contributed by atoms with E-state index in [2.05, 4.69) is 149 Å². The minimum absolute atomic E-state index is 0.335. The lowest BCUT2D eigenvalue weighted by atomic mass is 9.13. The zero-order chi connectivity index (χ0) is 27.3. The smallest absolute Gasteiger partial charge is 0.334 e. The summed E-state index contributed by atoms with van der Waals surface area (Å²) in [5, 5.41) is 0. The van der Waals surface area contributed by atoms with Gasteiger partial charge >= 0.3 is 5.97 Å². The van der Waals surface area contributed by atoms with E-state index in [1.54, 1.807) is 0 Å². The minimum atomic E-state index is -1.22. The highest BCUT2D eigenvalue weighted by Gasteiger charge is 2.31. The predicted octanol–water partition coefficient (Wildman–Crippen LogP) is 4.61. The number of rotatable bonds is 10. The van der Waals surface area contributed by atoms with Crippen LogP contribution in [0.1, 0.15) is 20.8 Å². The number of carbonyl (C=O) groups excluding carboxylic acids is 1. The standard InChI is InChI=1S/C24H20B.C10H20NO2/c1-5-13-21(14-6-1)25(22-15-7-2-8-16-22,23-17-9-3-10-18-23)24-19-11-4-12-20-24;1-5-10(12)13-9-11(6-2,7-3)8-4/h1-20H;5H,1,6-9H2,2-4H3/q-1;+1. The molecule has 0 aliphatic carbocycles. The molecule has 0 saturated heterocycles. The Balaban J connectivity index is 0.000000263. The van der Waals surface area contributed by atoms with Gasteiger partial charge in [0.05, 0.1) is 19.6 Å². The van der Waals surface area contributed by atoms with Gasteiger partial charge < -0.3 is 4.74 Å². The van der Waals surface area contributed by atoms with Gasteiger partial charge in [-0.05, 0) is 20.8 Å². The van der Waals surface area contributed by atoms with Gasteiger partial charge in [-0.3, -0.25) is 4.48 Å². The largest absolute Gasteiger partial charge is 0.412 e. The Kier molecular flexibility index (Phi) is 10.7. The van der Waals surface area contributed by atoms with Crippen LogP contribution in [0.4, 0.5) is 0 Å². The molecule has 196 valence electrons. The van der Waals surface area contributed by atoms with Crippen LogP contribution >= 0.6 is 0 Å². The summed E-state index contributed by atoms with van der Waals surface area (Å²) in [7, 11) is 0. The fourth-order valence-electron chi connectivity index (χ4n) is 5.33. The number of quaternary nitrogens is 1. The van der Waals surface area contributed by atoms with Gasteiger partial charge in [0, 0.05) is 6.08 Å². The normalized spacial score (nSPS) is 11.1. The van der Waals surface area contributed by atoms with Crippen LogP contribution in [0, 0.1) is 0 Å². The van der Waals surface area contributed by atoms with E-state index in [9.17, 15) is 4.79 Å². The summed E-state index contributed by atoms with van der Waals surface area (Å²) < 4.78 is 5.86. The summed E-state index contributed by atoms with van der Waals surface area (Å²) >= 11 is 0. The Morgan fingerprint density at radius 1 is 0.632 bits per heavy atom. The number of nitrogens with zero attached hydrogens (tertiary/aromatic N) is 1. The quantitative estimate of drug-likeness (QED) is 0.103. The second kappa shape index (κ2) is 14.2. The zero-order valence-electron chi connectivity index (χ0n) is 23.0. The van der Waals surface area contributed by atoms with Gasteiger partial charge in [-0.25, -0.2) is 4.79 Å². The average Bonchev–Trinajstić information content (AvgIpc) is 3.01. The van der Waals surface area contributed by atoms with Crippen molar-refractivity contribution in [3.8, 4) is 0 Å². The van der Waals surface area contributed by atoms with E-state index >= 15 is 0 Å². The molecule has 4 aromatic rings. The molecule has 0 saturated carbocycles. The van der Waals surface area contributed by atoms with E-state index in [0.717, 1.165) is 24.1 Å². The van der Waals surface area contributed by atoms with Crippen LogP contribution in [0.2, 0.25) is 0 Å². The van der Waals surface area contributed by atoms with Crippen LogP contribution in [-0.4, -0.2) is 43.0 Å². The topological polar surface area (TPSA) is 26.3 Å². The molecule has 4 heteroatoms. The summed E-state index contributed by atoms with van der Waals surface area (Å²) in [6, 6.07) is 43.5. The van der Waals surface area contributed by atoms with Crippen molar-refractivity contribution in [3.63, 3.8) is 0 Å². The Labute approximate surface area is 228 Å². The van der Waals surface area contributed by atoms with Crippen molar-refractivity contribution in [2.24, 2.45) is 0 Å². The van der Waals surface area contributed by atoms with Crippen molar-refractivity contribution >= 4 is 34.0 Å². The van der Waals surface area contributed by atoms with Crippen LogP contribution in [0.15, 0.2) is 134 Å². The highest BCUT2D eigenvalue weighted by atomic mass is 16.5. The van der Waals surface area contributed by atoms with Crippen LogP contribution in [0.5, 0.6) is 0 Å². The SMILES string of the molecule is C=CC(=O)OC[N+](CC)(CC)CC.c1ccc([B-](c2ccccc2)(c2ccccc2)c2ccccc2)cc1. The molecule has 0 fully saturated rings. The Morgan fingerprint density at radius 2 is 0.921 bits per heavy atom. The first-order valence-electron chi connectivity index (χ1n) is 13.6. The van der Waals surface area contributed by atoms with E-state index in [-0.39, 0.29) is 5.97 Å². The highest BCUT2D eigenvalue weighted by molar-refractivity contribution is 7.19. The van der Waals surface area contributed by atoms with Crippen molar-refractivity contribution in [1.29, 1.82) is 0 Å². The Bertz CT molecular complexity index is 1070. The predicted molar refractivity (Wildman–Crippen MR) is 163 cm³/mol. The molecular formula is C34H40BNO2. The molecule has 0 aliphatic rings. The molecule has 4 aromatic carbocycles. The van der Waals surface area contributed by atoms with Gasteiger partial charge in [0.15, 0.2) is 0 Å². The van der Waals surface area contributed by atoms with Crippen molar-refractivity contribution in [1.82, 2.24) is 0 Å². The maximum Gasteiger partial charge on any atom is 0.334 e. The van der Waals surface area contributed by atoms with Gasteiger partial charge in [-0.2, -0.15) is 21.9 Å². The first kappa shape index (κ1) is 28.7. The number of hydrogen-bond acceptors (Lipinski definition) is 2. The summed E-state index contributed by atoms with van der Waals surface area (Å²) in [4.78, 5) is 10.9. The summed E-state index contributed by atoms with van der Waals surface area (Å²) in [6.45, 7) is 13.1. The van der Waals surface area contributed by atoms with E-state index in [4.69, 9.17) is 4.74 Å². The maximum atomic E-state index is 10.9. The molecule has 0 heterocycles. The molecule has 0 radical (unpaired) electrons. The van der Waals surface area contributed by atoms with Crippen molar-refractivity contribution in [2.45, 2.75) is 20.8 Å². The monoisotopic (exact) mass is 505 g/mol. The molecule has 0 amide bonds. The third kappa shape index (κ3) is 6.51. The number of esters is 1. The van der Waals surface area contributed by atoms with E-state index < -0.39 is 6.15 Å². The summed E-state index contributed by atoms with van der Waals surface area (Å²) in [6.07, 6.45) is -0.0115. The average molecular weight is 506 g/mol. The molecule has 0 aromatic heterocycles. The molecule has 0 N–H and O–H groups in total. The van der Waals surface area contributed by atoms with E-state index in [0.29, 0.717) is 6.73 Å². The van der Waals surface area contributed by atoms with E-state index in [1.807, 2.05) is 0 Å². The maximum absolute atomic E-state index is 10.9. The molecule has 0 unspecified atom stereocenters. The minimum Gasteiger partial charge on any atom is -0.412 e. The second-order valence-electron chi connectivity index (χ2n) is 9.60. The number of hydrogen-bond donors (Lipinski definition) is 0. The van der Waals surface area contributed by atoms with Crippen molar-refractivity contribution < 1.29 is 14.0 Å². The molecule has 0 atom stereocenters. The van der Waals surface area contributed by atoms with Crippen molar-refractivity contribution in [2.75, 3.05) is 26.4 Å². The van der Waals surface area contributed by atoms with Gasteiger partial charge in [-0.1, -0.05) is 128 Å². The van der Waals surface area contributed by atoms with E-state index in [1.165, 1.54) is 27.9 Å². The lowest BCUT2D eigenvalue weighted by Crippen LogP contribution is -2.74. The zero-order valence-corrected chi connectivity index (χ0v) is 23.0. The molecule has 0 bridgehead atoms. The lowest BCUT2D eigenvalue weighted by Gasteiger charge is -2.44. The van der Waals surface area contributed by atoms with Gasteiger partial charge in [0.25, 0.3) is 0 Å². The Hall–Kier alpha value is -3.89. The third-order valence-electron chi connectivity index (χ3n) is 7.86. The van der Waals surface area contributed by atoms with Crippen LogP contribution in [0.25, 0.3) is 0 Å². The van der Waals surface area contributed by atoms with Gasteiger partial charge in [0.1, 0.15) is 6.15 Å². The summed E-state index contributed by atoms with van der Waals surface area (Å²) in [5.74, 6) is -0.335. The van der Waals surface area contributed by atoms with Crippen LogP contribution in [0.3, 0.4) is 0 Å². The molecule has 38 heavy (non-hydrogen) atoms. The first-order chi connectivity index (χ1) is 18.6. The van der Waals surface area contributed by atoms with Crippen LogP contribution < -0.4 is 21.9 Å². The molecule has 0 spiro atoms. The Morgan fingerprint density at radius 3 is 1.16 bits per heavy atom. The highest BCUT2D eigenvalue weighted by Crippen LogP contribution is 2.09. The van der Waals surface area contributed by atoms with Gasteiger partial charge in [0.2, 0.25) is 6.73 Å². The molecular weight excluding hydrogens is 465 g/mol. The lowest BCUT2D eigenvalue weighted by molar-refractivity contribution is -0.938. The van der Waals surface area contributed by atoms with Crippen molar-refractivity contribution in [3.05, 3.63) is 134 Å². The summed E-state index contributed by atoms with van der Waals surface area (Å²) in [5.41, 5.74) is 5.36. The second-order valence-corrected chi connectivity index (χ2v) is 9.60. The van der Waals surface area contributed by atoms with Gasteiger partial charge in [-0.15, -0.1) is 0 Å². The first-order valence-corrected chi connectivity index (χ1v) is 13.6. The molecule has 0 aliphatic heterocycles. The number of benzene rings is 4. The fraction of sp³-hybridized carbons (Fsp3) is 0.206.